The normalized spacial score (nSPS) is 10.2. The Morgan fingerprint density at radius 3 is 2.53 bits per heavy atom. The Morgan fingerprint density at radius 2 is 1.94 bits per heavy atom. The molecule has 0 aromatic heterocycles. The lowest BCUT2D eigenvalue weighted by Crippen LogP contribution is -2.20. The van der Waals surface area contributed by atoms with Crippen molar-refractivity contribution in [3.63, 3.8) is 0 Å². The van der Waals surface area contributed by atoms with Crippen LogP contribution < -0.4 is 5.32 Å². The van der Waals surface area contributed by atoms with Gasteiger partial charge < -0.3 is 10.1 Å². The third kappa shape index (κ3) is 4.97. The molecule has 1 rings (SSSR count). The minimum absolute atomic E-state index is 0.281. The summed E-state index contributed by atoms with van der Waals surface area (Å²) in [5.41, 5.74) is 1.80. The van der Waals surface area contributed by atoms with Crippen LogP contribution in [0.3, 0.4) is 0 Å². The maximum atomic E-state index is 11.4. The SMILES string of the molecule is C/C=C/C(=O)OCC(=O)Nc1ccc(C)cc1. The second-order valence-electron chi connectivity index (χ2n) is 3.52. The van der Waals surface area contributed by atoms with Crippen molar-refractivity contribution in [1.29, 1.82) is 0 Å². The minimum Gasteiger partial charge on any atom is -0.452 e. The number of amides is 1. The average Bonchev–Trinajstić information content (AvgIpc) is 2.30. The molecule has 90 valence electrons. The van der Waals surface area contributed by atoms with Crippen LogP contribution in [0, 0.1) is 6.92 Å². The molecule has 0 aliphatic carbocycles. The molecule has 1 N–H and O–H groups in total. The molecule has 0 spiro atoms. The Labute approximate surface area is 100 Å². The van der Waals surface area contributed by atoms with Crippen molar-refractivity contribution < 1.29 is 14.3 Å². The second kappa shape index (κ2) is 6.48. The number of ether oxygens (including phenoxy) is 1. The van der Waals surface area contributed by atoms with E-state index in [2.05, 4.69) is 5.32 Å². The number of allylic oxidation sites excluding steroid dienone is 1. The number of carbonyl (C=O) groups excluding carboxylic acids is 2. The molecule has 0 heterocycles. The molecule has 1 amide bonds. The quantitative estimate of drug-likeness (QED) is 0.639. The Hall–Kier alpha value is -2.10. The van der Waals surface area contributed by atoms with Gasteiger partial charge in [0.25, 0.3) is 5.91 Å². The van der Waals surface area contributed by atoms with Gasteiger partial charge in [0.1, 0.15) is 0 Å². The minimum atomic E-state index is -0.522. The van der Waals surface area contributed by atoms with E-state index in [0.717, 1.165) is 5.56 Å². The van der Waals surface area contributed by atoms with Gasteiger partial charge in [-0.3, -0.25) is 4.79 Å². The van der Waals surface area contributed by atoms with E-state index < -0.39 is 5.97 Å². The first kappa shape index (κ1) is 13.0. The summed E-state index contributed by atoms with van der Waals surface area (Å²) in [6, 6.07) is 7.37. The standard InChI is InChI=1S/C13H15NO3/c1-3-4-13(16)17-9-12(15)14-11-7-5-10(2)6-8-11/h3-8H,9H2,1-2H3,(H,14,15)/b4-3+. The van der Waals surface area contributed by atoms with Crippen LogP contribution in [0.15, 0.2) is 36.4 Å². The van der Waals surface area contributed by atoms with Crippen LogP contribution in [0.25, 0.3) is 0 Å². The topological polar surface area (TPSA) is 55.4 Å². The summed E-state index contributed by atoms with van der Waals surface area (Å²) in [6.07, 6.45) is 2.82. The number of nitrogens with one attached hydrogen (secondary N) is 1. The first-order valence-electron chi connectivity index (χ1n) is 5.28. The van der Waals surface area contributed by atoms with Crippen LogP contribution in [-0.2, 0) is 14.3 Å². The van der Waals surface area contributed by atoms with Gasteiger partial charge in [-0.15, -0.1) is 0 Å². The van der Waals surface area contributed by atoms with E-state index in [-0.39, 0.29) is 12.5 Å². The number of carbonyl (C=O) groups is 2. The first-order chi connectivity index (χ1) is 8.11. The lowest BCUT2D eigenvalue weighted by Gasteiger charge is -2.05. The third-order valence-electron chi connectivity index (χ3n) is 1.98. The van der Waals surface area contributed by atoms with E-state index in [9.17, 15) is 9.59 Å². The van der Waals surface area contributed by atoms with Crippen LogP contribution in [0.1, 0.15) is 12.5 Å². The van der Waals surface area contributed by atoms with Gasteiger partial charge in [0.05, 0.1) is 0 Å². The van der Waals surface area contributed by atoms with Gasteiger partial charge in [0.15, 0.2) is 6.61 Å². The van der Waals surface area contributed by atoms with Crippen LogP contribution in [0.5, 0.6) is 0 Å². The van der Waals surface area contributed by atoms with Crippen molar-refractivity contribution in [2.75, 3.05) is 11.9 Å². The number of benzene rings is 1. The molecule has 0 atom stereocenters. The second-order valence-corrected chi connectivity index (χ2v) is 3.52. The van der Waals surface area contributed by atoms with E-state index in [0.29, 0.717) is 5.69 Å². The van der Waals surface area contributed by atoms with Crippen molar-refractivity contribution in [2.24, 2.45) is 0 Å². The van der Waals surface area contributed by atoms with E-state index in [1.807, 2.05) is 19.1 Å². The lowest BCUT2D eigenvalue weighted by atomic mass is 10.2. The predicted octanol–water partition coefficient (Wildman–Crippen LogP) is 2.05. The molecule has 1 aromatic carbocycles. The van der Waals surface area contributed by atoms with Crippen LogP contribution in [0.4, 0.5) is 5.69 Å². The fourth-order valence-electron chi connectivity index (χ4n) is 1.15. The predicted molar refractivity (Wildman–Crippen MR) is 65.6 cm³/mol. The maximum Gasteiger partial charge on any atom is 0.330 e. The molecular weight excluding hydrogens is 218 g/mol. The Balaban J connectivity index is 2.39. The van der Waals surface area contributed by atoms with Crippen LogP contribution in [0.2, 0.25) is 0 Å². The zero-order valence-corrected chi connectivity index (χ0v) is 9.90. The Morgan fingerprint density at radius 1 is 1.29 bits per heavy atom. The maximum absolute atomic E-state index is 11.4. The van der Waals surface area contributed by atoms with Crippen molar-refractivity contribution in [1.82, 2.24) is 0 Å². The van der Waals surface area contributed by atoms with Crippen LogP contribution >= 0.6 is 0 Å². The number of aryl methyl sites for hydroxylation is 1. The van der Waals surface area contributed by atoms with Crippen molar-refractivity contribution in [3.8, 4) is 0 Å². The fourth-order valence-corrected chi connectivity index (χ4v) is 1.15. The molecule has 1 aromatic rings. The average molecular weight is 233 g/mol. The molecule has 0 unspecified atom stereocenters. The highest BCUT2D eigenvalue weighted by Gasteiger charge is 2.04. The molecular formula is C13H15NO3. The summed E-state index contributed by atoms with van der Waals surface area (Å²) in [5.74, 6) is -0.877. The molecule has 17 heavy (non-hydrogen) atoms. The van der Waals surface area contributed by atoms with Gasteiger partial charge in [0.2, 0.25) is 0 Å². The lowest BCUT2D eigenvalue weighted by molar-refractivity contribution is -0.142. The van der Waals surface area contributed by atoms with Crippen molar-refractivity contribution in [3.05, 3.63) is 42.0 Å². The molecule has 4 heteroatoms. The highest BCUT2D eigenvalue weighted by Crippen LogP contribution is 2.08. The largest absolute Gasteiger partial charge is 0.452 e. The van der Waals surface area contributed by atoms with Gasteiger partial charge in [-0.25, -0.2) is 4.79 Å². The molecule has 0 aliphatic heterocycles. The Bertz CT molecular complexity index is 421. The summed E-state index contributed by atoms with van der Waals surface area (Å²) in [5, 5.41) is 2.63. The number of esters is 1. The number of hydrogen-bond donors (Lipinski definition) is 1. The van der Waals surface area contributed by atoms with E-state index in [1.54, 1.807) is 25.1 Å². The summed E-state index contributed by atoms with van der Waals surface area (Å²) in [6.45, 7) is 3.38. The smallest absolute Gasteiger partial charge is 0.330 e. The van der Waals surface area contributed by atoms with Crippen molar-refractivity contribution in [2.45, 2.75) is 13.8 Å². The van der Waals surface area contributed by atoms with E-state index in [4.69, 9.17) is 4.74 Å². The summed E-state index contributed by atoms with van der Waals surface area (Å²) in [7, 11) is 0. The highest BCUT2D eigenvalue weighted by atomic mass is 16.5. The summed E-state index contributed by atoms with van der Waals surface area (Å²) >= 11 is 0. The molecule has 0 aliphatic rings. The van der Waals surface area contributed by atoms with Gasteiger partial charge in [-0.1, -0.05) is 23.8 Å². The van der Waals surface area contributed by atoms with Gasteiger partial charge in [-0.05, 0) is 26.0 Å². The molecule has 4 nitrogen and oxygen atoms in total. The highest BCUT2D eigenvalue weighted by molar-refractivity contribution is 5.93. The molecule has 0 saturated carbocycles. The summed E-state index contributed by atoms with van der Waals surface area (Å²) in [4.78, 5) is 22.3. The van der Waals surface area contributed by atoms with E-state index in [1.165, 1.54) is 6.08 Å². The monoisotopic (exact) mass is 233 g/mol. The fraction of sp³-hybridized carbons (Fsp3) is 0.231. The summed E-state index contributed by atoms with van der Waals surface area (Å²) < 4.78 is 4.70. The molecule has 0 fully saturated rings. The first-order valence-corrected chi connectivity index (χ1v) is 5.28. The van der Waals surface area contributed by atoms with Gasteiger partial charge in [-0.2, -0.15) is 0 Å². The third-order valence-corrected chi connectivity index (χ3v) is 1.98. The van der Waals surface area contributed by atoms with Gasteiger partial charge in [0, 0.05) is 11.8 Å². The molecule has 0 saturated heterocycles. The zero-order chi connectivity index (χ0) is 12.7. The zero-order valence-electron chi connectivity index (χ0n) is 9.90. The Kier molecular flexibility index (Phi) is 4.94. The van der Waals surface area contributed by atoms with Gasteiger partial charge >= 0.3 is 5.97 Å². The van der Waals surface area contributed by atoms with E-state index >= 15 is 0 Å². The number of anilines is 1. The van der Waals surface area contributed by atoms with Crippen LogP contribution in [-0.4, -0.2) is 18.5 Å². The number of hydrogen-bond acceptors (Lipinski definition) is 3. The number of rotatable bonds is 4. The van der Waals surface area contributed by atoms with Crippen molar-refractivity contribution >= 4 is 17.6 Å². The molecule has 0 bridgehead atoms. The molecule has 0 radical (unpaired) electrons.